The quantitative estimate of drug-likeness (QED) is 0.0325. The molecule has 6 atom stereocenters. The van der Waals surface area contributed by atoms with Crippen LogP contribution >= 0.6 is 0 Å². The molecule has 1 heterocycles. The van der Waals surface area contributed by atoms with Crippen molar-refractivity contribution < 1.29 is 48.9 Å². The smallest absolute Gasteiger partial charge is 0.328 e. The van der Waals surface area contributed by atoms with Crippen LogP contribution in [0.5, 0.6) is 0 Å². The van der Waals surface area contributed by atoms with Crippen molar-refractivity contribution in [1.82, 2.24) is 41.9 Å². The molecule has 1 rings (SSSR count). The molecular weight excluding hydrogens is 640 g/mol. The Morgan fingerprint density at radius 1 is 0.792 bits per heavy atom. The van der Waals surface area contributed by atoms with E-state index in [4.69, 9.17) is 27.4 Å². The number of nitrogens with two attached hydrogens (primary N) is 3. The largest absolute Gasteiger partial charge is 0.480 e. The Hall–Kier alpha value is -5.35. The van der Waals surface area contributed by atoms with E-state index in [0.29, 0.717) is 5.69 Å². The highest BCUT2D eigenvalue weighted by Gasteiger charge is 2.31. The molecule has 48 heavy (non-hydrogen) atoms. The Morgan fingerprint density at radius 2 is 1.31 bits per heavy atom. The van der Waals surface area contributed by atoms with Crippen molar-refractivity contribution in [2.24, 2.45) is 22.2 Å². The second-order valence-electron chi connectivity index (χ2n) is 10.4. The number of nitrogens with zero attached hydrogens (tertiary/aromatic N) is 2. The lowest BCUT2D eigenvalue weighted by molar-refractivity contribution is -0.143. The number of amides is 6. The summed E-state index contributed by atoms with van der Waals surface area (Å²) in [6.07, 6.45) is 2.73. The van der Waals surface area contributed by atoms with E-state index < -0.39 is 90.9 Å². The van der Waals surface area contributed by atoms with E-state index in [-0.39, 0.29) is 38.3 Å². The predicted octanol–water partition coefficient (Wildman–Crippen LogP) is -7.02. The van der Waals surface area contributed by atoms with Gasteiger partial charge in [0.25, 0.3) is 0 Å². The molecule has 0 aliphatic heterocycles. The Labute approximate surface area is 274 Å². The fraction of sp³-hybridized carbons (Fsp3) is 0.577. The second kappa shape index (κ2) is 20.7. The number of nitrogens with one attached hydrogen (secondary N) is 7. The molecule has 6 amide bonds. The van der Waals surface area contributed by atoms with Crippen molar-refractivity contribution in [3.05, 3.63) is 18.2 Å². The van der Waals surface area contributed by atoms with E-state index in [9.17, 15) is 38.7 Å². The predicted molar refractivity (Wildman–Crippen MR) is 166 cm³/mol. The molecule has 0 saturated heterocycles. The maximum absolute atomic E-state index is 13.2. The number of H-pyrrole nitrogens is 1. The first-order valence-electron chi connectivity index (χ1n) is 14.6. The minimum Gasteiger partial charge on any atom is -0.480 e. The molecule has 22 heteroatoms. The summed E-state index contributed by atoms with van der Waals surface area (Å²) in [6, 6.07) is -8.33. The number of carboxylic acid groups (broad SMARTS) is 1. The van der Waals surface area contributed by atoms with Crippen molar-refractivity contribution in [3.8, 4) is 0 Å². The fourth-order valence-electron chi connectivity index (χ4n) is 3.86. The number of carboxylic acids is 1. The zero-order valence-corrected chi connectivity index (χ0v) is 26.4. The van der Waals surface area contributed by atoms with Crippen molar-refractivity contribution in [2.45, 2.75) is 69.4 Å². The third-order valence-corrected chi connectivity index (χ3v) is 6.51. The molecule has 0 aliphatic carbocycles. The van der Waals surface area contributed by atoms with Crippen LogP contribution in [0.25, 0.3) is 0 Å². The van der Waals surface area contributed by atoms with Gasteiger partial charge in [0.1, 0.15) is 36.3 Å². The monoisotopic (exact) mass is 684 g/mol. The van der Waals surface area contributed by atoms with Gasteiger partial charge < -0.3 is 69.4 Å². The summed E-state index contributed by atoms with van der Waals surface area (Å²) < 4.78 is 0. The molecule has 22 nitrogen and oxygen atoms in total. The summed E-state index contributed by atoms with van der Waals surface area (Å²) in [5.74, 6) is -6.82. The van der Waals surface area contributed by atoms with Gasteiger partial charge in [-0.05, 0) is 26.7 Å². The normalized spacial score (nSPS) is 14.4. The highest BCUT2D eigenvalue weighted by molar-refractivity contribution is 5.96. The summed E-state index contributed by atoms with van der Waals surface area (Å²) in [5, 5.41) is 41.8. The van der Waals surface area contributed by atoms with Gasteiger partial charge in [0, 0.05) is 24.9 Å². The molecule has 0 unspecified atom stereocenters. The molecule has 0 aromatic carbocycles. The molecule has 1 aromatic rings. The van der Waals surface area contributed by atoms with Crippen LogP contribution in [-0.2, 0) is 40.0 Å². The van der Waals surface area contributed by atoms with Gasteiger partial charge in [0.05, 0.1) is 26.1 Å². The van der Waals surface area contributed by atoms with Crippen LogP contribution in [0.1, 0.15) is 32.4 Å². The summed E-state index contributed by atoms with van der Waals surface area (Å²) in [6.45, 7) is 0.504. The van der Waals surface area contributed by atoms with Gasteiger partial charge in [0.15, 0.2) is 5.96 Å². The Balaban J connectivity index is 3.06. The highest BCUT2D eigenvalue weighted by Crippen LogP contribution is 2.04. The van der Waals surface area contributed by atoms with E-state index in [1.54, 1.807) is 0 Å². The molecule has 1 aromatic heterocycles. The zero-order valence-electron chi connectivity index (χ0n) is 26.4. The maximum Gasteiger partial charge on any atom is 0.328 e. The van der Waals surface area contributed by atoms with Gasteiger partial charge in [-0.3, -0.25) is 33.8 Å². The number of aliphatic hydroxyl groups is 2. The average molecular weight is 685 g/mol. The van der Waals surface area contributed by atoms with Gasteiger partial charge in [-0.15, -0.1) is 0 Å². The van der Waals surface area contributed by atoms with E-state index in [1.807, 2.05) is 5.32 Å². The average Bonchev–Trinajstić information content (AvgIpc) is 3.55. The number of aliphatic imine (C=N–C) groups is 1. The van der Waals surface area contributed by atoms with Crippen molar-refractivity contribution >= 4 is 47.4 Å². The van der Waals surface area contributed by atoms with Gasteiger partial charge in [0.2, 0.25) is 35.4 Å². The molecule has 0 aliphatic rings. The lowest BCUT2D eigenvalue weighted by Gasteiger charge is -2.25. The van der Waals surface area contributed by atoms with Crippen molar-refractivity contribution in [3.63, 3.8) is 0 Å². The number of hydrogen-bond donors (Lipinski definition) is 13. The van der Waals surface area contributed by atoms with Gasteiger partial charge in [-0.1, -0.05) is 0 Å². The molecule has 0 saturated carbocycles. The number of aromatic amines is 1. The SMILES string of the molecule is C[C@H](NC(=O)CN)C(=O)N[C@@H](CCCN=C(N)N)C(=O)N[C@@H](C)C(=O)N[C@@H](Cc1cnc[nH]1)C(=O)N[C@@H](CO)C(=O)N[C@@H](CO)C(=O)O. The van der Waals surface area contributed by atoms with Crippen molar-refractivity contribution in [1.29, 1.82) is 0 Å². The first-order valence-corrected chi connectivity index (χ1v) is 14.6. The van der Waals surface area contributed by atoms with Gasteiger partial charge in [-0.25, -0.2) is 9.78 Å². The molecule has 268 valence electrons. The lowest BCUT2D eigenvalue weighted by Crippen LogP contribution is -2.60. The number of guanidine groups is 1. The Morgan fingerprint density at radius 3 is 1.83 bits per heavy atom. The molecule has 0 bridgehead atoms. The number of aliphatic carboxylic acids is 1. The summed E-state index contributed by atoms with van der Waals surface area (Å²) in [5.41, 5.74) is 16.3. The number of carbonyl (C=O) groups is 7. The topological polar surface area (TPSA) is 371 Å². The summed E-state index contributed by atoms with van der Waals surface area (Å²) in [7, 11) is 0. The van der Waals surface area contributed by atoms with E-state index in [1.165, 1.54) is 26.4 Å². The van der Waals surface area contributed by atoms with E-state index in [2.05, 4.69) is 41.5 Å². The number of carbonyl (C=O) groups excluding carboxylic acids is 6. The highest BCUT2D eigenvalue weighted by atomic mass is 16.4. The third kappa shape index (κ3) is 14.4. The van der Waals surface area contributed by atoms with Crippen LogP contribution in [0.2, 0.25) is 0 Å². The summed E-state index contributed by atoms with van der Waals surface area (Å²) >= 11 is 0. The second-order valence-corrected chi connectivity index (χ2v) is 10.4. The van der Waals surface area contributed by atoms with Crippen LogP contribution in [0.4, 0.5) is 0 Å². The number of rotatable bonds is 21. The fourth-order valence-corrected chi connectivity index (χ4v) is 3.86. The first kappa shape index (κ1) is 40.7. The number of hydrogen-bond acceptors (Lipinski definition) is 12. The Kier molecular flexibility index (Phi) is 17.5. The third-order valence-electron chi connectivity index (χ3n) is 6.51. The van der Waals surface area contributed by atoms with Crippen molar-refractivity contribution in [2.75, 3.05) is 26.3 Å². The summed E-state index contributed by atoms with van der Waals surface area (Å²) in [4.78, 5) is 97.8. The van der Waals surface area contributed by atoms with Crippen LogP contribution in [0, 0.1) is 0 Å². The molecular formula is C26H44N12O10. The molecule has 0 spiro atoms. The number of aliphatic hydroxyl groups excluding tert-OH is 2. The number of aromatic nitrogens is 2. The molecule has 16 N–H and O–H groups in total. The first-order chi connectivity index (χ1) is 22.6. The van der Waals surface area contributed by atoms with E-state index in [0.717, 1.165) is 0 Å². The molecule has 0 fully saturated rings. The van der Waals surface area contributed by atoms with Crippen LogP contribution in [0.3, 0.4) is 0 Å². The Bertz CT molecular complexity index is 1290. The minimum atomic E-state index is -1.71. The maximum atomic E-state index is 13.2. The molecule has 0 radical (unpaired) electrons. The van der Waals surface area contributed by atoms with Gasteiger partial charge in [-0.2, -0.15) is 0 Å². The minimum absolute atomic E-state index is 0.0226. The van der Waals surface area contributed by atoms with Gasteiger partial charge >= 0.3 is 5.97 Å². The van der Waals surface area contributed by atoms with E-state index >= 15 is 0 Å². The number of imidazole rings is 1. The lowest BCUT2D eigenvalue weighted by atomic mass is 10.1. The zero-order chi connectivity index (χ0) is 36.4. The van der Waals surface area contributed by atoms with Crippen LogP contribution in [0.15, 0.2) is 17.5 Å². The van der Waals surface area contributed by atoms with Crippen LogP contribution < -0.4 is 49.1 Å². The van der Waals surface area contributed by atoms with Crippen LogP contribution in [-0.4, -0.2) is 135 Å². The standard InChI is InChI=1S/C26H44N12O10/c1-12(33-19(41)7-27)20(42)35-15(4-3-5-31-26(28)29)22(44)34-13(2)21(43)36-16(6-14-8-30-11-32-14)23(45)37-17(9-39)24(46)38-18(10-40)25(47)48/h8,11-13,15-18,39-40H,3-7,9-10,27H2,1-2H3,(H,30,32)(H,33,41)(H,34,44)(H,35,42)(H,36,43)(H,37,45)(H,38,46)(H,47,48)(H4,28,29,31)/t12-,13-,15-,16-,17-,18-/m0/s1.